The van der Waals surface area contributed by atoms with Gasteiger partial charge in [0.25, 0.3) is 5.56 Å². The van der Waals surface area contributed by atoms with Gasteiger partial charge in [0.1, 0.15) is 12.4 Å². The second kappa shape index (κ2) is 11.6. The van der Waals surface area contributed by atoms with E-state index in [-0.39, 0.29) is 11.7 Å². The summed E-state index contributed by atoms with van der Waals surface area (Å²) in [4.78, 5) is 32.8. The third-order valence-corrected chi connectivity index (χ3v) is 8.13. The number of carbonyl (C=O) groups excluding carboxylic acids is 1. The van der Waals surface area contributed by atoms with Crippen LogP contribution in [0.4, 0.5) is 0 Å². The number of benzene rings is 4. The second-order valence-corrected chi connectivity index (χ2v) is 11.4. The minimum Gasteiger partial charge on any atom is -0.488 e. The molecule has 42 heavy (non-hydrogen) atoms. The number of thiazole rings is 1. The molecule has 0 amide bonds. The molecule has 0 N–H and O–H groups in total. The quantitative estimate of drug-likeness (QED) is 0.226. The first kappa shape index (κ1) is 27.4. The van der Waals surface area contributed by atoms with Crippen LogP contribution in [0.1, 0.15) is 43.5 Å². The molecular weight excluding hydrogens is 544 g/mol. The van der Waals surface area contributed by atoms with E-state index in [9.17, 15) is 9.59 Å². The molecule has 0 radical (unpaired) electrons. The highest BCUT2D eigenvalue weighted by Gasteiger charge is 2.33. The Bertz CT molecular complexity index is 1990. The van der Waals surface area contributed by atoms with Crippen molar-refractivity contribution in [3.8, 4) is 5.75 Å². The van der Waals surface area contributed by atoms with Crippen LogP contribution in [0.15, 0.2) is 118 Å². The number of allylic oxidation sites excluding steroid dienone is 1. The topological polar surface area (TPSA) is 69.9 Å². The SMILES string of the molecule is CC1=C(C(=O)OC(C)C)C(c2ccccc2)n2c(sc(=Cc3c(OCc4ccccc4)ccc4ccccc34)c2=O)=N1. The Morgan fingerprint density at radius 1 is 0.952 bits per heavy atom. The Morgan fingerprint density at radius 2 is 1.64 bits per heavy atom. The highest BCUT2D eigenvalue weighted by molar-refractivity contribution is 7.07. The lowest BCUT2D eigenvalue weighted by Crippen LogP contribution is -2.40. The fourth-order valence-corrected chi connectivity index (χ4v) is 6.26. The molecule has 0 saturated carbocycles. The molecule has 0 fully saturated rings. The van der Waals surface area contributed by atoms with E-state index >= 15 is 0 Å². The Hall–Kier alpha value is -4.75. The summed E-state index contributed by atoms with van der Waals surface area (Å²) in [6.07, 6.45) is 1.58. The molecule has 6 rings (SSSR count). The number of hydrogen-bond acceptors (Lipinski definition) is 6. The van der Waals surface area contributed by atoms with Crippen LogP contribution in [0.25, 0.3) is 16.8 Å². The van der Waals surface area contributed by atoms with E-state index in [4.69, 9.17) is 14.5 Å². The van der Waals surface area contributed by atoms with Gasteiger partial charge < -0.3 is 9.47 Å². The number of nitrogens with zero attached hydrogens (tertiary/aromatic N) is 2. The van der Waals surface area contributed by atoms with Crippen LogP contribution in [0, 0.1) is 0 Å². The molecule has 0 aliphatic carbocycles. The van der Waals surface area contributed by atoms with Crippen molar-refractivity contribution in [2.75, 3.05) is 0 Å². The molecule has 0 bridgehead atoms. The van der Waals surface area contributed by atoms with Crippen LogP contribution in [-0.2, 0) is 16.1 Å². The largest absolute Gasteiger partial charge is 0.488 e. The van der Waals surface area contributed by atoms with Crippen molar-refractivity contribution in [3.05, 3.63) is 145 Å². The lowest BCUT2D eigenvalue weighted by molar-refractivity contribution is -0.143. The Balaban J connectivity index is 1.53. The van der Waals surface area contributed by atoms with Crippen molar-refractivity contribution >= 4 is 34.2 Å². The van der Waals surface area contributed by atoms with Gasteiger partial charge in [0.15, 0.2) is 4.80 Å². The van der Waals surface area contributed by atoms with Gasteiger partial charge in [-0.1, -0.05) is 102 Å². The molecule has 210 valence electrons. The van der Waals surface area contributed by atoms with Gasteiger partial charge in [-0.05, 0) is 54.8 Å². The van der Waals surface area contributed by atoms with Gasteiger partial charge in [0, 0.05) is 5.56 Å². The van der Waals surface area contributed by atoms with E-state index in [1.165, 1.54) is 11.3 Å². The number of fused-ring (bicyclic) bond motifs is 2. The molecule has 4 aromatic carbocycles. The summed E-state index contributed by atoms with van der Waals surface area (Å²) in [6, 6.07) is 30.9. The Labute approximate surface area is 247 Å². The third kappa shape index (κ3) is 5.31. The normalized spacial score (nSPS) is 15.0. The standard InChI is InChI=1S/C35H30N2O4S/c1-22(2)41-34(39)31-23(3)36-35-37(32(31)26-15-8-5-9-16-26)33(38)30(42-35)20-28-27-17-11-10-14-25(27)18-19-29(28)40-21-24-12-6-4-7-13-24/h4-20,22,32H,21H2,1-3H3. The van der Waals surface area contributed by atoms with Crippen LogP contribution in [0.5, 0.6) is 5.75 Å². The van der Waals surface area contributed by atoms with Crippen molar-refractivity contribution in [3.63, 3.8) is 0 Å². The number of rotatable bonds is 7. The minimum atomic E-state index is -0.655. The third-order valence-electron chi connectivity index (χ3n) is 7.14. The number of aromatic nitrogens is 1. The molecule has 1 aromatic heterocycles. The molecule has 1 aliphatic rings. The average Bonchev–Trinajstić information content (AvgIpc) is 3.30. The number of ether oxygens (including phenoxy) is 2. The molecule has 5 aromatic rings. The van der Waals surface area contributed by atoms with Crippen molar-refractivity contribution in [2.45, 2.75) is 39.5 Å². The van der Waals surface area contributed by atoms with Crippen molar-refractivity contribution in [2.24, 2.45) is 4.99 Å². The summed E-state index contributed by atoms with van der Waals surface area (Å²) >= 11 is 1.30. The van der Waals surface area contributed by atoms with Gasteiger partial charge >= 0.3 is 5.97 Å². The van der Waals surface area contributed by atoms with Crippen molar-refractivity contribution in [1.29, 1.82) is 0 Å². The molecule has 6 nitrogen and oxygen atoms in total. The number of carbonyl (C=O) groups is 1. The first-order valence-corrected chi connectivity index (χ1v) is 14.7. The van der Waals surface area contributed by atoms with Crippen LogP contribution in [-0.4, -0.2) is 16.6 Å². The zero-order valence-electron chi connectivity index (χ0n) is 23.6. The summed E-state index contributed by atoms with van der Waals surface area (Å²) in [5.74, 6) is 0.209. The summed E-state index contributed by atoms with van der Waals surface area (Å²) in [5.41, 5.74) is 3.37. The van der Waals surface area contributed by atoms with Gasteiger partial charge in [-0.15, -0.1) is 0 Å². The van der Waals surface area contributed by atoms with E-state index in [1.807, 2.05) is 117 Å². The highest BCUT2D eigenvalue weighted by Crippen LogP contribution is 2.32. The minimum absolute atomic E-state index is 0.225. The molecule has 1 atom stereocenters. The summed E-state index contributed by atoms with van der Waals surface area (Å²) < 4.78 is 14.0. The first-order chi connectivity index (χ1) is 20.4. The van der Waals surface area contributed by atoms with Gasteiger partial charge in [-0.3, -0.25) is 9.36 Å². The second-order valence-electron chi connectivity index (χ2n) is 10.4. The summed E-state index contributed by atoms with van der Waals surface area (Å²) in [5, 5.41) is 2.02. The summed E-state index contributed by atoms with van der Waals surface area (Å²) in [7, 11) is 0. The molecule has 7 heteroatoms. The predicted octanol–water partition coefficient (Wildman–Crippen LogP) is 5.92. The number of hydrogen-bond donors (Lipinski definition) is 0. The van der Waals surface area contributed by atoms with Gasteiger partial charge in [-0.25, -0.2) is 9.79 Å². The zero-order chi connectivity index (χ0) is 29.2. The molecule has 0 spiro atoms. The molecule has 1 aliphatic heterocycles. The maximum atomic E-state index is 14.2. The van der Waals surface area contributed by atoms with Crippen molar-refractivity contribution in [1.82, 2.24) is 4.57 Å². The van der Waals surface area contributed by atoms with E-state index in [0.717, 1.165) is 27.5 Å². The van der Waals surface area contributed by atoms with Crippen LogP contribution in [0.2, 0.25) is 0 Å². The van der Waals surface area contributed by atoms with E-state index < -0.39 is 12.0 Å². The van der Waals surface area contributed by atoms with Crippen LogP contribution < -0.4 is 19.6 Å². The average molecular weight is 575 g/mol. The monoisotopic (exact) mass is 574 g/mol. The van der Waals surface area contributed by atoms with Crippen molar-refractivity contribution < 1.29 is 14.3 Å². The lowest BCUT2D eigenvalue weighted by atomic mass is 9.96. The molecule has 2 heterocycles. The summed E-state index contributed by atoms with van der Waals surface area (Å²) in [6.45, 7) is 5.81. The Morgan fingerprint density at radius 3 is 2.38 bits per heavy atom. The highest BCUT2D eigenvalue weighted by atomic mass is 32.1. The molecular formula is C35H30N2O4S. The fourth-order valence-electron chi connectivity index (χ4n) is 5.23. The van der Waals surface area contributed by atoms with E-state index in [2.05, 4.69) is 0 Å². The number of esters is 1. The Kier molecular flexibility index (Phi) is 7.59. The smallest absolute Gasteiger partial charge is 0.338 e. The molecule has 1 unspecified atom stereocenters. The van der Waals surface area contributed by atoms with Gasteiger partial charge in [-0.2, -0.15) is 0 Å². The van der Waals surface area contributed by atoms with Crippen LogP contribution in [0.3, 0.4) is 0 Å². The molecule has 0 saturated heterocycles. The first-order valence-electron chi connectivity index (χ1n) is 13.9. The maximum absolute atomic E-state index is 14.2. The maximum Gasteiger partial charge on any atom is 0.338 e. The van der Waals surface area contributed by atoms with Gasteiger partial charge in [0.2, 0.25) is 0 Å². The lowest BCUT2D eigenvalue weighted by Gasteiger charge is -2.25. The van der Waals surface area contributed by atoms with Gasteiger partial charge in [0.05, 0.1) is 27.9 Å². The van der Waals surface area contributed by atoms with Crippen LogP contribution >= 0.6 is 11.3 Å². The predicted molar refractivity (Wildman–Crippen MR) is 166 cm³/mol. The zero-order valence-corrected chi connectivity index (χ0v) is 24.4. The van der Waals surface area contributed by atoms with E-state index in [1.54, 1.807) is 11.5 Å². The van der Waals surface area contributed by atoms with E-state index in [0.29, 0.717) is 33.0 Å². The fraction of sp³-hybridized carbons (Fsp3) is 0.171.